The number of benzene rings is 1. The van der Waals surface area contributed by atoms with Crippen molar-refractivity contribution < 1.29 is 0 Å². The highest BCUT2D eigenvalue weighted by Gasteiger charge is 2.12. The molecule has 0 saturated heterocycles. The first-order chi connectivity index (χ1) is 10.2. The Hall–Kier alpha value is -2.14. The average molecular weight is 302 g/mol. The van der Waals surface area contributed by atoms with Crippen LogP contribution in [-0.4, -0.2) is 19.6 Å². The Morgan fingerprint density at radius 1 is 1.24 bits per heavy atom. The van der Waals surface area contributed by atoms with Crippen molar-refractivity contribution in [1.82, 2.24) is 19.6 Å². The quantitative estimate of drug-likeness (QED) is 0.752. The van der Waals surface area contributed by atoms with E-state index in [1.807, 2.05) is 13.0 Å². The molecule has 1 aromatic carbocycles. The number of nitrogens with zero attached hydrogens (tertiary/aromatic N) is 4. The van der Waals surface area contributed by atoms with Gasteiger partial charge >= 0.3 is 0 Å². The van der Waals surface area contributed by atoms with Gasteiger partial charge in [-0.05, 0) is 24.5 Å². The molecule has 2 aromatic heterocycles. The lowest BCUT2D eigenvalue weighted by Crippen LogP contribution is -2.10. The molecule has 0 spiro atoms. The van der Waals surface area contributed by atoms with Crippen molar-refractivity contribution in [2.45, 2.75) is 26.8 Å². The van der Waals surface area contributed by atoms with Gasteiger partial charge in [-0.15, -0.1) is 0 Å². The van der Waals surface area contributed by atoms with Crippen molar-refractivity contribution in [2.24, 2.45) is 0 Å². The molecule has 5 nitrogen and oxygen atoms in total. The Bertz CT molecular complexity index is 781. The van der Waals surface area contributed by atoms with E-state index < -0.39 is 0 Å². The van der Waals surface area contributed by atoms with E-state index in [2.05, 4.69) is 45.5 Å². The normalized spacial score (nSPS) is 11.0. The number of nitrogens with one attached hydrogen (secondary N) is 1. The van der Waals surface area contributed by atoms with E-state index in [9.17, 15) is 0 Å². The lowest BCUT2D eigenvalue weighted by atomic mass is 10.1. The predicted molar refractivity (Wildman–Crippen MR) is 83.7 cm³/mol. The first-order valence-electron chi connectivity index (χ1n) is 6.87. The summed E-state index contributed by atoms with van der Waals surface area (Å²) >= 11 is 6.16. The zero-order valence-corrected chi connectivity index (χ0v) is 12.7. The topological polar surface area (TPSA) is 55.1 Å². The molecular weight excluding hydrogens is 286 g/mol. The molecule has 0 atom stereocenters. The third-order valence-corrected chi connectivity index (χ3v) is 3.92. The number of hydrogen-bond acceptors (Lipinski definition) is 4. The van der Waals surface area contributed by atoms with Crippen LogP contribution in [-0.2, 0) is 13.0 Å². The minimum absolute atomic E-state index is 0.446. The lowest BCUT2D eigenvalue weighted by molar-refractivity contribution is 0.910. The summed E-state index contributed by atoms with van der Waals surface area (Å²) in [7, 11) is 0. The zero-order valence-electron chi connectivity index (χ0n) is 12.0. The maximum Gasteiger partial charge on any atom is 0.255 e. The first-order valence-corrected chi connectivity index (χ1v) is 7.25. The fourth-order valence-electron chi connectivity index (χ4n) is 2.36. The Balaban J connectivity index is 1.95. The molecule has 0 aliphatic heterocycles. The third kappa shape index (κ3) is 2.56. The van der Waals surface area contributed by atoms with Crippen LogP contribution in [0.3, 0.4) is 0 Å². The maximum absolute atomic E-state index is 6.16. The van der Waals surface area contributed by atoms with Gasteiger partial charge in [-0.1, -0.05) is 42.8 Å². The van der Waals surface area contributed by atoms with Crippen LogP contribution < -0.4 is 5.32 Å². The molecule has 6 heteroatoms. The number of anilines is 1. The van der Waals surface area contributed by atoms with Gasteiger partial charge in [-0.2, -0.15) is 19.6 Å². The van der Waals surface area contributed by atoms with Crippen molar-refractivity contribution in [2.75, 3.05) is 5.32 Å². The summed E-state index contributed by atoms with van der Waals surface area (Å²) in [5, 5.41) is 8.05. The van der Waals surface area contributed by atoms with Crippen molar-refractivity contribution in [3.63, 3.8) is 0 Å². The van der Waals surface area contributed by atoms with Crippen LogP contribution in [0.15, 0.2) is 30.6 Å². The van der Waals surface area contributed by atoms with Gasteiger partial charge in [0.2, 0.25) is 0 Å². The van der Waals surface area contributed by atoms with Crippen molar-refractivity contribution in [1.29, 1.82) is 0 Å². The molecule has 0 radical (unpaired) electrons. The van der Waals surface area contributed by atoms with E-state index in [0.717, 1.165) is 17.8 Å². The van der Waals surface area contributed by atoms with Crippen LogP contribution in [0.25, 0.3) is 5.78 Å². The molecule has 2 heterocycles. The van der Waals surface area contributed by atoms with Crippen LogP contribution in [0.4, 0.5) is 5.82 Å². The molecule has 0 unspecified atom stereocenters. The van der Waals surface area contributed by atoms with Crippen LogP contribution >= 0.6 is 11.6 Å². The second-order valence-electron chi connectivity index (χ2n) is 4.82. The molecule has 0 aliphatic carbocycles. The van der Waals surface area contributed by atoms with E-state index >= 15 is 0 Å². The predicted octanol–water partition coefficient (Wildman–Crippen LogP) is 3.26. The summed E-state index contributed by atoms with van der Waals surface area (Å²) in [6, 6.07) is 8.39. The van der Waals surface area contributed by atoms with Gasteiger partial charge in [0.25, 0.3) is 5.78 Å². The van der Waals surface area contributed by atoms with Crippen molar-refractivity contribution in [3.8, 4) is 0 Å². The van der Waals surface area contributed by atoms with Gasteiger partial charge in [-0.3, -0.25) is 0 Å². The molecule has 21 heavy (non-hydrogen) atoms. The Morgan fingerprint density at radius 2 is 2.00 bits per heavy atom. The molecule has 0 saturated carbocycles. The van der Waals surface area contributed by atoms with E-state index in [1.54, 1.807) is 4.52 Å². The summed E-state index contributed by atoms with van der Waals surface area (Å²) < 4.78 is 1.68. The van der Waals surface area contributed by atoms with E-state index in [-0.39, 0.29) is 0 Å². The standard InChI is InChI=1S/C15H16ClN5/c1-3-11-6-4-5-7-12(11)8-17-14-10(2)13(16)20-15-18-9-19-21(14)15/h4-7,9,17H,3,8H2,1-2H3. The highest BCUT2D eigenvalue weighted by atomic mass is 35.5. The molecule has 0 bridgehead atoms. The van der Waals surface area contributed by atoms with E-state index in [4.69, 9.17) is 11.6 Å². The first kappa shape index (κ1) is 13.8. The molecule has 0 aliphatic rings. The molecule has 0 amide bonds. The fourth-order valence-corrected chi connectivity index (χ4v) is 2.52. The second-order valence-corrected chi connectivity index (χ2v) is 5.18. The van der Waals surface area contributed by atoms with Crippen LogP contribution in [0.1, 0.15) is 23.6 Å². The minimum atomic E-state index is 0.446. The van der Waals surface area contributed by atoms with E-state index in [1.165, 1.54) is 17.5 Å². The summed E-state index contributed by atoms with van der Waals surface area (Å²) in [5.74, 6) is 1.32. The van der Waals surface area contributed by atoms with E-state index in [0.29, 0.717) is 17.5 Å². The SMILES string of the molecule is CCc1ccccc1CNc1c(C)c(Cl)nc2ncnn12. The molecular formula is C15H16ClN5. The number of aromatic nitrogens is 4. The number of fused-ring (bicyclic) bond motifs is 1. The lowest BCUT2D eigenvalue weighted by Gasteiger charge is -2.13. The highest BCUT2D eigenvalue weighted by molar-refractivity contribution is 6.30. The summed E-state index contributed by atoms with van der Waals surface area (Å²) in [6.45, 7) is 4.79. The summed E-state index contributed by atoms with van der Waals surface area (Å²) in [4.78, 5) is 8.29. The van der Waals surface area contributed by atoms with Gasteiger partial charge in [0.1, 0.15) is 17.3 Å². The Morgan fingerprint density at radius 3 is 2.76 bits per heavy atom. The molecule has 3 rings (SSSR count). The zero-order chi connectivity index (χ0) is 14.8. The fraction of sp³-hybridized carbons (Fsp3) is 0.267. The second kappa shape index (κ2) is 5.69. The summed E-state index contributed by atoms with van der Waals surface area (Å²) in [6.07, 6.45) is 2.48. The van der Waals surface area contributed by atoms with Crippen LogP contribution in [0.5, 0.6) is 0 Å². The van der Waals surface area contributed by atoms with Gasteiger partial charge in [0.05, 0.1) is 0 Å². The third-order valence-electron chi connectivity index (χ3n) is 3.55. The number of hydrogen-bond donors (Lipinski definition) is 1. The number of rotatable bonds is 4. The smallest absolute Gasteiger partial charge is 0.255 e. The van der Waals surface area contributed by atoms with Crippen LogP contribution in [0, 0.1) is 6.92 Å². The Labute approximate surface area is 128 Å². The van der Waals surface area contributed by atoms with Gasteiger partial charge in [0.15, 0.2) is 0 Å². The highest BCUT2D eigenvalue weighted by Crippen LogP contribution is 2.23. The monoisotopic (exact) mass is 301 g/mol. The van der Waals surface area contributed by atoms with Crippen molar-refractivity contribution >= 4 is 23.2 Å². The summed E-state index contributed by atoms with van der Waals surface area (Å²) in [5.41, 5.74) is 3.46. The van der Waals surface area contributed by atoms with Gasteiger partial charge < -0.3 is 5.32 Å². The molecule has 108 valence electrons. The average Bonchev–Trinajstić information content (AvgIpc) is 2.96. The van der Waals surface area contributed by atoms with Gasteiger partial charge in [-0.25, -0.2) is 0 Å². The Kier molecular flexibility index (Phi) is 3.75. The largest absolute Gasteiger partial charge is 0.366 e. The number of halogens is 1. The molecule has 1 N–H and O–H groups in total. The molecule has 0 fully saturated rings. The van der Waals surface area contributed by atoms with Crippen molar-refractivity contribution in [3.05, 3.63) is 52.4 Å². The molecule has 3 aromatic rings. The number of aryl methyl sites for hydroxylation is 1. The van der Waals surface area contributed by atoms with Gasteiger partial charge in [0, 0.05) is 12.1 Å². The minimum Gasteiger partial charge on any atom is -0.366 e. The van der Waals surface area contributed by atoms with Crippen LogP contribution in [0.2, 0.25) is 5.15 Å². The maximum atomic E-state index is 6.16.